The van der Waals surface area contributed by atoms with Crippen LogP contribution in [0.2, 0.25) is 0 Å². The molecule has 0 atom stereocenters. The molecule has 2 rings (SSSR count). The van der Waals surface area contributed by atoms with E-state index in [1.807, 2.05) is 12.1 Å². The van der Waals surface area contributed by atoms with Gasteiger partial charge < -0.3 is 19.5 Å². The molecule has 7 nitrogen and oxygen atoms in total. The molecule has 7 heteroatoms. The van der Waals surface area contributed by atoms with Gasteiger partial charge in [-0.25, -0.2) is 9.59 Å². The highest BCUT2D eigenvalue weighted by atomic mass is 16.6. The summed E-state index contributed by atoms with van der Waals surface area (Å²) in [5.41, 5.74) is 3.05. The molecule has 0 heterocycles. The van der Waals surface area contributed by atoms with Crippen LogP contribution in [0.15, 0.2) is 42.5 Å². The monoisotopic (exact) mass is 551 g/mol. The van der Waals surface area contributed by atoms with Crippen LogP contribution in [0.4, 0.5) is 4.79 Å². The summed E-state index contributed by atoms with van der Waals surface area (Å²) in [7, 11) is 1.31. The number of benzene rings is 2. The SMILES string of the molecule is COC(=O)c1ccc(C=CC(=O)c2cc(C(C)(C)C)cc(C(C)(C)C)c2)cc1OCCCNC(=O)OC(C)(C)C. The van der Waals surface area contributed by atoms with Crippen LogP contribution in [0.3, 0.4) is 0 Å². The minimum absolute atomic E-state index is 0.0988. The zero-order valence-electron chi connectivity index (χ0n) is 25.7. The molecular formula is C33H45NO6. The van der Waals surface area contributed by atoms with Gasteiger partial charge in [0, 0.05) is 12.1 Å². The number of hydrogen-bond acceptors (Lipinski definition) is 6. The zero-order valence-corrected chi connectivity index (χ0v) is 25.7. The minimum atomic E-state index is -0.574. The number of allylic oxidation sites excluding steroid dienone is 1. The summed E-state index contributed by atoms with van der Waals surface area (Å²) in [5.74, 6) is -0.296. The Morgan fingerprint density at radius 1 is 0.850 bits per heavy atom. The summed E-state index contributed by atoms with van der Waals surface area (Å²) < 4.78 is 16.0. The number of esters is 1. The van der Waals surface area contributed by atoms with Crippen molar-refractivity contribution in [3.05, 3.63) is 70.3 Å². The first kappa shape index (κ1) is 32.6. The first-order chi connectivity index (χ1) is 18.4. The summed E-state index contributed by atoms with van der Waals surface area (Å²) in [5, 5.41) is 2.68. The summed E-state index contributed by atoms with van der Waals surface area (Å²) in [6.07, 6.45) is 3.25. The van der Waals surface area contributed by atoms with Gasteiger partial charge in [0.15, 0.2) is 5.78 Å². The van der Waals surface area contributed by atoms with Crippen molar-refractivity contribution in [1.29, 1.82) is 0 Å². The number of methoxy groups -OCH3 is 1. The molecule has 0 saturated carbocycles. The van der Waals surface area contributed by atoms with Gasteiger partial charge in [-0.2, -0.15) is 0 Å². The molecule has 0 saturated heterocycles. The van der Waals surface area contributed by atoms with E-state index in [0.717, 1.165) is 11.1 Å². The molecule has 1 N–H and O–H groups in total. The maximum Gasteiger partial charge on any atom is 0.407 e. The second kappa shape index (κ2) is 13.2. The predicted octanol–water partition coefficient (Wildman–Crippen LogP) is 7.26. The van der Waals surface area contributed by atoms with Crippen molar-refractivity contribution in [1.82, 2.24) is 5.32 Å². The van der Waals surface area contributed by atoms with E-state index in [1.165, 1.54) is 13.2 Å². The van der Waals surface area contributed by atoms with Crippen LogP contribution in [0, 0.1) is 0 Å². The first-order valence-electron chi connectivity index (χ1n) is 13.6. The molecule has 1 amide bonds. The van der Waals surface area contributed by atoms with E-state index in [1.54, 1.807) is 45.0 Å². The summed E-state index contributed by atoms with van der Waals surface area (Å²) in [6, 6.07) is 11.1. The Labute approximate surface area is 239 Å². The summed E-state index contributed by atoms with van der Waals surface area (Å²) >= 11 is 0. The number of carbonyl (C=O) groups is 3. The standard InChI is InChI=1S/C33H45NO6/c1-31(2,3)24-19-23(20-25(21-24)32(4,5)6)27(35)15-13-22-12-14-26(29(36)38-10)28(18-22)39-17-11-16-34-30(37)40-33(7,8)9/h12-15,18-21H,11,16-17H2,1-10H3,(H,34,37). The molecule has 0 radical (unpaired) electrons. The fourth-order valence-corrected chi connectivity index (χ4v) is 3.70. The predicted molar refractivity (Wildman–Crippen MR) is 159 cm³/mol. The van der Waals surface area contributed by atoms with Gasteiger partial charge in [-0.15, -0.1) is 0 Å². The Morgan fingerprint density at radius 2 is 1.45 bits per heavy atom. The van der Waals surface area contributed by atoms with Crippen LogP contribution in [0.1, 0.15) is 106 Å². The number of alkyl carbamates (subject to hydrolysis) is 1. The van der Waals surface area contributed by atoms with Gasteiger partial charge in [-0.1, -0.05) is 59.8 Å². The lowest BCUT2D eigenvalue weighted by molar-refractivity contribution is 0.0525. The quantitative estimate of drug-likeness (QED) is 0.153. The van der Waals surface area contributed by atoms with Crippen LogP contribution in [0.5, 0.6) is 5.75 Å². The van der Waals surface area contributed by atoms with Crippen molar-refractivity contribution in [2.45, 2.75) is 85.2 Å². The van der Waals surface area contributed by atoms with Gasteiger partial charge in [0.05, 0.1) is 13.7 Å². The molecule has 0 bridgehead atoms. The van der Waals surface area contributed by atoms with Gasteiger partial charge in [-0.3, -0.25) is 4.79 Å². The zero-order chi connectivity index (χ0) is 30.3. The second-order valence-corrected chi connectivity index (χ2v) is 12.9. The van der Waals surface area contributed by atoms with Crippen LogP contribution in [-0.4, -0.2) is 43.7 Å². The molecule has 0 unspecified atom stereocenters. The number of ether oxygens (including phenoxy) is 3. The van der Waals surface area contributed by atoms with E-state index >= 15 is 0 Å². The van der Waals surface area contributed by atoms with Gasteiger partial charge in [-0.05, 0) is 85.1 Å². The van der Waals surface area contributed by atoms with E-state index in [4.69, 9.17) is 14.2 Å². The highest BCUT2D eigenvalue weighted by molar-refractivity contribution is 6.07. The van der Waals surface area contributed by atoms with E-state index in [0.29, 0.717) is 29.8 Å². The maximum absolute atomic E-state index is 13.2. The summed E-state index contributed by atoms with van der Waals surface area (Å²) in [4.78, 5) is 37.3. The number of carbonyl (C=O) groups excluding carboxylic acids is 3. The average molecular weight is 552 g/mol. The van der Waals surface area contributed by atoms with Gasteiger partial charge in [0.25, 0.3) is 0 Å². The van der Waals surface area contributed by atoms with Crippen LogP contribution < -0.4 is 10.1 Å². The first-order valence-corrected chi connectivity index (χ1v) is 13.6. The van der Waals surface area contributed by atoms with E-state index in [2.05, 4.69) is 52.9 Å². The molecule has 218 valence electrons. The number of nitrogens with one attached hydrogen (secondary N) is 1. The van der Waals surface area contributed by atoms with Crippen LogP contribution >= 0.6 is 0 Å². The lowest BCUT2D eigenvalue weighted by Crippen LogP contribution is -2.33. The third kappa shape index (κ3) is 10.2. The smallest absolute Gasteiger partial charge is 0.407 e. The van der Waals surface area contributed by atoms with Crippen molar-refractivity contribution >= 4 is 23.9 Å². The van der Waals surface area contributed by atoms with E-state index in [-0.39, 0.29) is 28.8 Å². The fraction of sp³-hybridized carbons (Fsp3) is 0.485. The van der Waals surface area contributed by atoms with Crippen LogP contribution in [0.25, 0.3) is 6.08 Å². The largest absolute Gasteiger partial charge is 0.493 e. The Hall–Kier alpha value is -3.61. The Balaban J connectivity index is 2.20. The van der Waals surface area contributed by atoms with Crippen molar-refractivity contribution in [2.24, 2.45) is 0 Å². The van der Waals surface area contributed by atoms with Crippen molar-refractivity contribution in [3.63, 3.8) is 0 Å². The molecule has 0 aliphatic rings. The number of hydrogen-bond donors (Lipinski definition) is 1. The number of ketones is 1. The van der Waals surface area contributed by atoms with Gasteiger partial charge in [0.1, 0.15) is 16.9 Å². The number of rotatable bonds is 9. The summed E-state index contributed by atoms with van der Waals surface area (Å²) in [6.45, 7) is 18.8. The molecule has 40 heavy (non-hydrogen) atoms. The highest BCUT2D eigenvalue weighted by Crippen LogP contribution is 2.31. The maximum atomic E-state index is 13.2. The fourth-order valence-electron chi connectivity index (χ4n) is 3.70. The van der Waals surface area contributed by atoms with E-state index in [9.17, 15) is 14.4 Å². The Morgan fingerprint density at radius 3 is 1.98 bits per heavy atom. The molecule has 0 aliphatic carbocycles. The van der Waals surface area contributed by atoms with Crippen molar-refractivity contribution < 1.29 is 28.6 Å². The molecular weight excluding hydrogens is 506 g/mol. The molecule has 2 aromatic carbocycles. The average Bonchev–Trinajstić information content (AvgIpc) is 2.84. The lowest BCUT2D eigenvalue weighted by atomic mass is 9.79. The van der Waals surface area contributed by atoms with E-state index < -0.39 is 17.7 Å². The molecule has 0 spiro atoms. The third-order valence-electron chi connectivity index (χ3n) is 6.03. The highest BCUT2D eigenvalue weighted by Gasteiger charge is 2.22. The molecule has 0 aliphatic heterocycles. The number of amides is 1. The normalized spacial score (nSPS) is 12.2. The topological polar surface area (TPSA) is 90.9 Å². The Kier molecular flexibility index (Phi) is 10.7. The van der Waals surface area contributed by atoms with Crippen molar-refractivity contribution in [3.8, 4) is 5.75 Å². The van der Waals surface area contributed by atoms with Gasteiger partial charge >= 0.3 is 12.1 Å². The minimum Gasteiger partial charge on any atom is -0.493 e. The van der Waals surface area contributed by atoms with Gasteiger partial charge in [0.2, 0.25) is 0 Å². The molecule has 0 aromatic heterocycles. The lowest BCUT2D eigenvalue weighted by Gasteiger charge is -2.25. The van der Waals surface area contributed by atoms with Crippen molar-refractivity contribution in [2.75, 3.05) is 20.3 Å². The molecule has 2 aromatic rings. The van der Waals surface area contributed by atoms with Crippen LogP contribution in [-0.2, 0) is 20.3 Å². The Bertz CT molecular complexity index is 1210. The third-order valence-corrected chi connectivity index (χ3v) is 6.03. The second-order valence-electron chi connectivity index (χ2n) is 12.9. The molecule has 0 fully saturated rings.